The number of hydrogen-bond acceptors (Lipinski definition) is 2. The molecule has 2 fully saturated rings. The van der Waals surface area contributed by atoms with Gasteiger partial charge in [0.15, 0.2) is 0 Å². The lowest BCUT2D eigenvalue weighted by molar-refractivity contribution is -0.142. The van der Waals surface area contributed by atoms with Crippen LogP contribution in [0.4, 0.5) is 4.79 Å². The lowest BCUT2D eigenvalue weighted by Crippen LogP contribution is -2.39. The SMILES string of the molecule is CCC(CN1C[C@@H]2CCCCN2C1=O)C(=O)O. The number of urea groups is 1. The molecule has 0 aromatic rings. The van der Waals surface area contributed by atoms with E-state index in [1.807, 2.05) is 11.8 Å². The maximum atomic E-state index is 12.1. The summed E-state index contributed by atoms with van der Waals surface area (Å²) in [7, 11) is 0. The lowest BCUT2D eigenvalue weighted by atomic mass is 10.0. The average molecular weight is 240 g/mol. The van der Waals surface area contributed by atoms with E-state index in [-0.39, 0.29) is 6.03 Å². The number of piperidine rings is 1. The zero-order chi connectivity index (χ0) is 12.4. The number of fused-ring (bicyclic) bond motifs is 1. The molecular weight excluding hydrogens is 220 g/mol. The fourth-order valence-electron chi connectivity index (χ4n) is 2.76. The van der Waals surface area contributed by atoms with Crippen LogP contribution in [0.2, 0.25) is 0 Å². The minimum absolute atomic E-state index is 0.0365. The Morgan fingerprint density at radius 1 is 1.53 bits per heavy atom. The number of carbonyl (C=O) groups excluding carboxylic acids is 1. The van der Waals surface area contributed by atoms with Crippen molar-refractivity contribution in [1.82, 2.24) is 9.80 Å². The first-order valence-electron chi connectivity index (χ1n) is 6.41. The Labute approximate surface area is 101 Å². The minimum atomic E-state index is -0.801. The summed E-state index contributed by atoms with van der Waals surface area (Å²) in [6, 6.07) is 0.358. The average Bonchev–Trinajstić information content (AvgIpc) is 2.63. The van der Waals surface area contributed by atoms with Gasteiger partial charge in [-0.1, -0.05) is 6.92 Å². The topological polar surface area (TPSA) is 60.9 Å². The van der Waals surface area contributed by atoms with Crippen molar-refractivity contribution in [2.24, 2.45) is 5.92 Å². The zero-order valence-corrected chi connectivity index (χ0v) is 10.3. The second kappa shape index (κ2) is 4.94. The maximum absolute atomic E-state index is 12.1. The van der Waals surface area contributed by atoms with Gasteiger partial charge in [-0.3, -0.25) is 4.79 Å². The van der Waals surface area contributed by atoms with Gasteiger partial charge in [-0.15, -0.1) is 0 Å². The zero-order valence-electron chi connectivity index (χ0n) is 10.3. The molecule has 0 aliphatic carbocycles. The summed E-state index contributed by atoms with van der Waals surface area (Å²) in [5.41, 5.74) is 0. The first kappa shape index (κ1) is 12.2. The molecule has 0 aromatic carbocycles. The summed E-state index contributed by atoms with van der Waals surface area (Å²) in [4.78, 5) is 26.7. The van der Waals surface area contributed by atoms with Gasteiger partial charge in [0.25, 0.3) is 0 Å². The molecule has 17 heavy (non-hydrogen) atoms. The van der Waals surface area contributed by atoms with E-state index < -0.39 is 11.9 Å². The molecule has 2 rings (SSSR count). The summed E-state index contributed by atoms with van der Waals surface area (Å²) >= 11 is 0. The summed E-state index contributed by atoms with van der Waals surface area (Å²) in [5, 5.41) is 9.03. The van der Waals surface area contributed by atoms with Gasteiger partial charge >= 0.3 is 12.0 Å². The molecule has 96 valence electrons. The van der Waals surface area contributed by atoms with Gasteiger partial charge in [-0.2, -0.15) is 0 Å². The Morgan fingerprint density at radius 2 is 2.29 bits per heavy atom. The third-order valence-electron chi connectivity index (χ3n) is 3.86. The van der Waals surface area contributed by atoms with E-state index >= 15 is 0 Å². The Balaban J connectivity index is 1.98. The second-order valence-electron chi connectivity index (χ2n) is 4.97. The van der Waals surface area contributed by atoms with E-state index in [4.69, 9.17) is 5.11 Å². The van der Waals surface area contributed by atoms with E-state index in [9.17, 15) is 9.59 Å². The van der Waals surface area contributed by atoms with Crippen LogP contribution in [0.15, 0.2) is 0 Å². The molecule has 2 heterocycles. The molecule has 0 bridgehead atoms. The summed E-state index contributed by atoms with van der Waals surface area (Å²) in [6.45, 7) is 3.76. The van der Waals surface area contributed by atoms with Crippen molar-refractivity contribution < 1.29 is 14.7 Å². The van der Waals surface area contributed by atoms with Crippen molar-refractivity contribution in [3.05, 3.63) is 0 Å². The van der Waals surface area contributed by atoms with Crippen molar-refractivity contribution >= 4 is 12.0 Å². The van der Waals surface area contributed by atoms with Crippen LogP contribution in [0.1, 0.15) is 32.6 Å². The quantitative estimate of drug-likeness (QED) is 0.807. The third kappa shape index (κ3) is 2.37. The van der Waals surface area contributed by atoms with Gasteiger partial charge in [0.1, 0.15) is 0 Å². The van der Waals surface area contributed by atoms with Gasteiger partial charge in [-0.25, -0.2) is 4.79 Å². The van der Waals surface area contributed by atoms with E-state index in [2.05, 4.69) is 0 Å². The highest BCUT2D eigenvalue weighted by molar-refractivity contribution is 5.78. The number of nitrogens with zero attached hydrogens (tertiary/aromatic N) is 2. The van der Waals surface area contributed by atoms with Gasteiger partial charge < -0.3 is 14.9 Å². The van der Waals surface area contributed by atoms with Crippen LogP contribution in [0, 0.1) is 5.92 Å². The molecule has 2 amide bonds. The van der Waals surface area contributed by atoms with E-state index in [0.29, 0.717) is 25.6 Å². The maximum Gasteiger partial charge on any atom is 0.320 e. The summed E-state index contributed by atoms with van der Waals surface area (Å²) < 4.78 is 0. The second-order valence-corrected chi connectivity index (χ2v) is 4.97. The first-order chi connectivity index (χ1) is 8.13. The third-order valence-corrected chi connectivity index (χ3v) is 3.86. The minimum Gasteiger partial charge on any atom is -0.481 e. The number of hydrogen-bond donors (Lipinski definition) is 1. The molecule has 5 nitrogen and oxygen atoms in total. The number of carboxylic acid groups (broad SMARTS) is 1. The molecule has 5 heteroatoms. The molecule has 2 aliphatic rings. The first-order valence-corrected chi connectivity index (χ1v) is 6.41. The number of carbonyl (C=O) groups is 2. The predicted octanol–water partition coefficient (Wildman–Crippen LogP) is 1.39. The fourth-order valence-corrected chi connectivity index (χ4v) is 2.76. The number of carboxylic acids is 1. The van der Waals surface area contributed by atoms with Crippen molar-refractivity contribution in [2.45, 2.75) is 38.6 Å². The Bertz CT molecular complexity index is 319. The van der Waals surface area contributed by atoms with Crippen LogP contribution in [-0.4, -0.2) is 52.6 Å². The Hall–Kier alpha value is -1.26. The van der Waals surface area contributed by atoms with Crippen LogP contribution in [0.25, 0.3) is 0 Å². The molecule has 1 unspecified atom stereocenters. The van der Waals surface area contributed by atoms with Gasteiger partial charge in [0, 0.05) is 19.6 Å². The van der Waals surface area contributed by atoms with Crippen molar-refractivity contribution in [1.29, 1.82) is 0 Å². The molecule has 0 saturated carbocycles. The molecule has 0 aromatic heterocycles. The summed E-state index contributed by atoms with van der Waals surface area (Å²) in [5.74, 6) is -1.23. The number of amides is 2. The molecule has 2 aliphatic heterocycles. The van der Waals surface area contributed by atoms with Crippen LogP contribution < -0.4 is 0 Å². The Kier molecular flexibility index (Phi) is 3.54. The monoisotopic (exact) mass is 240 g/mol. The smallest absolute Gasteiger partial charge is 0.320 e. The number of aliphatic carboxylic acids is 1. The highest BCUT2D eigenvalue weighted by Crippen LogP contribution is 2.26. The van der Waals surface area contributed by atoms with Crippen molar-refractivity contribution in [3.8, 4) is 0 Å². The summed E-state index contributed by atoms with van der Waals surface area (Å²) in [6.07, 6.45) is 3.89. The van der Waals surface area contributed by atoms with Gasteiger partial charge in [-0.05, 0) is 25.7 Å². The fraction of sp³-hybridized carbons (Fsp3) is 0.833. The molecule has 2 atom stereocenters. The molecule has 1 N–H and O–H groups in total. The van der Waals surface area contributed by atoms with Crippen LogP contribution in [0.5, 0.6) is 0 Å². The van der Waals surface area contributed by atoms with Crippen molar-refractivity contribution in [2.75, 3.05) is 19.6 Å². The van der Waals surface area contributed by atoms with E-state index in [1.54, 1.807) is 4.90 Å². The molecule has 0 radical (unpaired) electrons. The highest BCUT2D eigenvalue weighted by Gasteiger charge is 2.39. The highest BCUT2D eigenvalue weighted by atomic mass is 16.4. The molecule has 2 saturated heterocycles. The predicted molar refractivity (Wildman–Crippen MR) is 62.7 cm³/mol. The largest absolute Gasteiger partial charge is 0.481 e. The van der Waals surface area contributed by atoms with E-state index in [1.165, 1.54) is 6.42 Å². The van der Waals surface area contributed by atoms with E-state index in [0.717, 1.165) is 19.4 Å². The van der Waals surface area contributed by atoms with Gasteiger partial charge in [0.05, 0.1) is 12.0 Å². The van der Waals surface area contributed by atoms with Gasteiger partial charge in [0.2, 0.25) is 0 Å². The lowest BCUT2D eigenvalue weighted by Gasteiger charge is -2.27. The van der Waals surface area contributed by atoms with Crippen molar-refractivity contribution in [3.63, 3.8) is 0 Å². The van der Waals surface area contributed by atoms with Crippen LogP contribution in [-0.2, 0) is 4.79 Å². The Morgan fingerprint density at radius 3 is 2.88 bits per heavy atom. The molecular formula is C12H20N2O3. The van der Waals surface area contributed by atoms with Crippen LogP contribution in [0.3, 0.4) is 0 Å². The standard InChI is InChI=1S/C12H20N2O3/c1-2-9(11(15)16)7-13-8-10-5-3-4-6-14(10)12(13)17/h9-10H,2-8H2,1H3,(H,15,16)/t9?,10-/m0/s1. The molecule has 0 spiro atoms. The van der Waals surface area contributed by atoms with Crippen LogP contribution >= 0.6 is 0 Å². The number of rotatable bonds is 4. The normalized spacial score (nSPS) is 25.9.